The molecule has 1 aliphatic rings. The fraction of sp³-hybridized carbons (Fsp3) is 0.923. The molecule has 0 aromatic rings. The average Bonchev–Trinajstić information content (AvgIpc) is 2.10. The Morgan fingerprint density at radius 3 is 2.29 bits per heavy atom. The predicted octanol–water partition coefficient (Wildman–Crippen LogP) is 2.92. The average molecular weight is 257 g/mol. The van der Waals surface area contributed by atoms with E-state index in [1.165, 1.54) is 0 Å². The van der Waals surface area contributed by atoms with Crippen LogP contribution in [0, 0.1) is 5.92 Å². The van der Waals surface area contributed by atoms with Crippen molar-refractivity contribution in [3.63, 3.8) is 0 Å². The van der Waals surface area contributed by atoms with Crippen LogP contribution in [0.1, 0.15) is 41.0 Å². The van der Waals surface area contributed by atoms with Crippen LogP contribution in [0.3, 0.4) is 0 Å². The Kier molecular flexibility index (Phi) is 4.09. The van der Waals surface area contributed by atoms with E-state index in [9.17, 15) is 4.79 Å². The lowest BCUT2D eigenvalue weighted by molar-refractivity contribution is -0.140. The lowest BCUT2D eigenvalue weighted by Crippen LogP contribution is -2.63. The van der Waals surface area contributed by atoms with Gasteiger partial charge >= 0.3 is 0 Å². The molecule has 0 aromatic carbocycles. The van der Waals surface area contributed by atoms with Crippen molar-refractivity contribution in [2.75, 3.05) is 0 Å². The second kappa shape index (κ2) is 4.73. The van der Waals surface area contributed by atoms with Crippen LogP contribution in [0.2, 0.25) is 18.1 Å². The summed E-state index contributed by atoms with van der Waals surface area (Å²) in [6.07, 6.45) is 1.02. The summed E-state index contributed by atoms with van der Waals surface area (Å²) in [6, 6.07) is 0.308. The van der Waals surface area contributed by atoms with Gasteiger partial charge in [-0.05, 0) is 31.5 Å². The van der Waals surface area contributed by atoms with E-state index in [1.54, 1.807) is 0 Å². The molecule has 100 valence electrons. The molecule has 1 fully saturated rings. The van der Waals surface area contributed by atoms with Crippen LogP contribution < -0.4 is 5.32 Å². The zero-order valence-electron chi connectivity index (χ0n) is 12.3. The normalized spacial score (nSPS) is 27.4. The SMILES string of the molecule is CCC1NC(=O)[C@@H]1[C@@H](C)O[Si](C)(C)C(C)(C)C. The van der Waals surface area contributed by atoms with Crippen molar-refractivity contribution in [2.24, 2.45) is 5.92 Å². The van der Waals surface area contributed by atoms with Crippen molar-refractivity contribution >= 4 is 14.2 Å². The molecule has 1 aliphatic heterocycles. The highest BCUT2D eigenvalue weighted by molar-refractivity contribution is 6.74. The highest BCUT2D eigenvalue weighted by atomic mass is 28.4. The Morgan fingerprint density at radius 2 is 1.94 bits per heavy atom. The van der Waals surface area contributed by atoms with Crippen LogP contribution >= 0.6 is 0 Å². The highest BCUT2D eigenvalue weighted by Crippen LogP contribution is 2.39. The van der Waals surface area contributed by atoms with E-state index < -0.39 is 8.32 Å². The van der Waals surface area contributed by atoms with Gasteiger partial charge in [0.25, 0.3) is 0 Å². The number of carbonyl (C=O) groups excluding carboxylic acids is 1. The Hall–Kier alpha value is -0.353. The number of hydrogen-bond acceptors (Lipinski definition) is 2. The molecule has 1 N–H and O–H groups in total. The van der Waals surface area contributed by atoms with Crippen LogP contribution in [-0.4, -0.2) is 26.4 Å². The maximum absolute atomic E-state index is 11.6. The van der Waals surface area contributed by atoms with Crippen molar-refractivity contribution < 1.29 is 9.22 Å². The van der Waals surface area contributed by atoms with E-state index >= 15 is 0 Å². The summed E-state index contributed by atoms with van der Waals surface area (Å²) in [4.78, 5) is 11.6. The largest absolute Gasteiger partial charge is 0.413 e. The van der Waals surface area contributed by atoms with E-state index in [4.69, 9.17) is 4.43 Å². The van der Waals surface area contributed by atoms with Gasteiger partial charge in [0.15, 0.2) is 8.32 Å². The quantitative estimate of drug-likeness (QED) is 0.621. The fourth-order valence-corrected chi connectivity index (χ4v) is 3.50. The first-order chi connectivity index (χ1) is 7.60. The second-order valence-corrected chi connectivity index (χ2v) is 11.4. The Labute approximate surface area is 106 Å². The van der Waals surface area contributed by atoms with E-state index in [0.29, 0.717) is 6.04 Å². The summed E-state index contributed by atoms with van der Waals surface area (Å²) in [5.74, 6) is 0.206. The first kappa shape index (κ1) is 14.7. The van der Waals surface area contributed by atoms with Gasteiger partial charge in [0, 0.05) is 6.04 Å². The third-order valence-corrected chi connectivity index (χ3v) is 8.87. The van der Waals surface area contributed by atoms with Crippen LogP contribution in [0.4, 0.5) is 0 Å². The Balaban J connectivity index is 2.66. The second-order valence-electron chi connectivity index (χ2n) is 6.63. The van der Waals surface area contributed by atoms with Crippen LogP contribution in [-0.2, 0) is 9.22 Å². The topological polar surface area (TPSA) is 38.3 Å². The van der Waals surface area contributed by atoms with Crippen molar-refractivity contribution in [3.05, 3.63) is 0 Å². The molecule has 1 rings (SSSR count). The van der Waals surface area contributed by atoms with Crippen molar-refractivity contribution in [3.8, 4) is 0 Å². The molecule has 0 aliphatic carbocycles. The molecule has 1 amide bonds. The highest BCUT2D eigenvalue weighted by Gasteiger charge is 2.46. The molecule has 4 heteroatoms. The standard InChI is InChI=1S/C13H27NO2Si/c1-8-10-11(12(15)14-10)9(2)16-17(6,7)13(3,4)5/h9-11H,8H2,1-7H3,(H,14,15)/t9-,10?,11-/m1/s1. The van der Waals surface area contributed by atoms with Gasteiger partial charge in [-0.15, -0.1) is 0 Å². The molecule has 1 unspecified atom stereocenters. The van der Waals surface area contributed by atoms with Crippen molar-refractivity contribution in [1.82, 2.24) is 5.32 Å². The summed E-state index contributed by atoms with van der Waals surface area (Å²) in [5, 5.41) is 3.14. The molecule has 3 atom stereocenters. The predicted molar refractivity (Wildman–Crippen MR) is 73.5 cm³/mol. The van der Waals surface area contributed by atoms with Crippen LogP contribution in [0.25, 0.3) is 0 Å². The van der Waals surface area contributed by atoms with Gasteiger partial charge in [-0.25, -0.2) is 0 Å². The maximum atomic E-state index is 11.6. The third-order valence-electron chi connectivity index (χ3n) is 4.30. The minimum absolute atomic E-state index is 0.0367. The first-order valence-corrected chi connectivity index (χ1v) is 9.49. The van der Waals surface area contributed by atoms with E-state index in [-0.39, 0.29) is 23.0 Å². The summed E-state index contributed by atoms with van der Waals surface area (Å²) in [5.41, 5.74) is 0. The molecule has 17 heavy (non-hydrogen) atoms. The van der Waals surface area contributed by atoms with Gasteiger partial charge in [-0.2, -0.15) is 0 Å². The molecular weight excluding hydrogens is 230 g/mol. The number of hydrogen-bond donors (Lipinski definition) is 1. The van der Waals surface area contributed by atoms with Crippen LogP contribution in [0.15, 0.2) is 0 Å². The maximum Gasteiger partial charge on any atom is 0.227 e. The minimum atomic E-state index is -1.77. The Bertz CT molecular complexity index is 296. The van der Waals surface area contributed by atoms with Gasteiger partial charge in [-0.3, -0.25) is 4.79 Å². The van der Waals surface area contributed by atoms with Crippen LogP contribution in [0.5, 0.6) is 0 Å². The van der Waals surface area contributed by atoms with E-state index in [0.717, 1.165) is 6.42 Å². The summed E-state index contributed by atoms with van der Waals surface area (Å²) >= 11 is 0. The summed E-state index contributed by atoms with van der Waals surface area (Å²) < 4.78 is 6.29. The molecule has 0 radical (unpaired) electrons. The third kappa shape index (κ3) is 2.91. The number of rotatable bonds is 4. The molecule has 0 aromatic heterocycles. The van der Waals surface area contributed by atoms with Crippen molar-refractivity contribution in [2.45, 2.75) is 71.3 Å². The van der Waals surface area contributed by atoms with E-state index in [2.05, 4.69) is 46.1 Å². The van der Waals surface area contributed by atoms with Gasteiger partial charge < -0.3 is 9.74 Å². The monoisotopic (exact) mass is 257 g/mol. The number of carbonyl (C=O) groups is 1. The zero-order valence-corrected chi connectivity index (χ0v) is 13.3. The molecule has 0 bridgehead atoms. The molecule has 3 nitrogen and oxygen atoms in total. The van der Waals surface area contributed by atoms with E-state index in [1.807, 2.05) is 6.92 Å². The molecular formula is C13H27NO2Si. The number of nitrogens with one attached hydrogen (secondary N) is 1. The number of β-lactam (4-membered cyclic amide) rings is 1. The van der Waals surface area contributed by atoms with Gasteiger partial charge in [0.2, 0.25) is 5.91 Å². The van der Waals surface area contributed by atoms with Gasteiger partial charge in [-0.1, -0.05) is 27.7 Å². The smallest absolute Gasteiger partial charge is 0.227 e. The van der Waals surface area contributed by atoms with Crippen molar-refractivity contribution in [1.29, 1.82) is 0 Å². The molecule has 1 heterocycles. The lowest BCUT2D eigenvalue weighted by Gasteiger charge is -2.45. The molecule has 1 saturated heterocycles. The lowest BCUT2D eigenvalue weighted by atomic mass is 9.85. The molecule has 0 saturated carbocycles. The summed E-state index contributed by atoms with van der Waals surface area (Å²) in [7, 11) is -1.77. The molecule has 0 spiro atoms. The van der Waals surface area contributed by atoms with Gasteiger partial charge in [0.1, 0.15) is 0 Å². The number of amides is 1. The minimum Gasteiger partial charge on any atom is -0.413 e. The fourth-order valence-electron chi connectivity index (χ4n) is 2.07. The van der Waals surface area contributed by atoms with Gasteiger partial charge in [0.05, 0.1) is 12.0 Å². The first-order valence-electron chi connectivity index (χ1n) is 6.58. The summed E-state index contributed by atoms with van der Waals surface area (Å²) in [6.45, 7) is 15.3. The Morgan fingerprint density at radius 1 is 1.41 bits per heavy atom. The zero-order chi connectivity index (χ0) is 13.4.